The molecule has 1 aliphatic heterocycles. The Morgan fingerprint density at radius 3 is 2.41 bits per heavy atom. The molecule has 146 valence electrons. The van der Waals surface area contributed by atoms with Gasteiger partial charge in [0.15, 0.2) is 5.82 Å². The number of anilines is 1. The van der Waals surface area contributed by atoms with Gasteiger partial charge in [-0.05, 0) is 12.1 Å². The molecule has 1 amide bonds. The van der Waals surface area contributed by atoms with E-state index >= 15 is 0 Å². The van der Waals surface area contributed by atoms with Gasteiger partial charge in [-0.2, -0.15) is 22.6 Å². The predicted octanol–water partition coefficient (Wildman–Crippen LogP) is 1.94. The van der Waals surface area contributed by atoms with E-state index in [0.29, 0.717) is 23.9 Å². The van der Waals surface area contributed by atoms with Crippen LogP contribution in [-0.4, -0.2) is 41.5 Å². The van der Waals surface area contributed by atoms with Gasteiger partial charge in [-0.25, -0.2) is 17.2 Å². The van der Waals surface area contributed by atoms with Crippen LogP contribution in [0, 0.1) is 11.6 Å². The second-order valence-corrected chi connectivity index (χ2v) is 7.61. The van der Waals surface area contributed by atoms with E-state index in [-0.39, 0.29) is 18.5 Å². The van der Waals surface area contributed by atoms with Crippen molar-refractivity contribution in [2.45, 2.75) is 24.0 Å². The Labute approximate surface area is 149 Å². The number of hydrogen-bond donors (Lipinski definition) is 2. The largest absolute Gasteiger partial charge is 0.471 e. The second-order valence-electron chi connectivity index (χ2n) is 5.67. The van der Waals surface area contributed by atoms with Crippen molar-refractivity contribution in [2.75, 3.05) is 11.9 Å². The Hall–Kier alpha value is -2.54. The van der Waals surface area contributed by atoms with E-state index in [2.05, 4.69) is 10.2 Å². The highest BCUT2D eigenvalue weighted by Crippen LogP contribution is 2.29. The number of halogens is 5. The van der Waals surface area contributed by atoms with Gasteiger partial charge >= 0.3 is 12.1 Å². The fourth-order valence-corrected chi connectivity index (χ4v) is 4.04. The molecule has 1 aromatic carbocycles. The molecule has 0 saturated heterocycles. The first kappa shape index (κ1) is 19.2. The molecule has 27 heavy (non-hydrogen) atoms. The first-order valence-corrected chi connectivity index (χ1v) is 8.83. The molecule has 0 unspecified atom stereocenters. The first-order chi connectivity index (χ1) is 12.5. The van der Waals surface area contributed by atoms with E-state index in [1.807, 2.05) is 0 Å². The molecule has 0 saturated carbocycles. The Bertz CT molecular complexity index is 982. The van der Waals surface area contributed by atoms with Crippen molar-refractivity contribution >= 4 is 21.7 Å². The summed E-state index contributed by atoms with van der Waals surface area (Å²) in [5, 5.41) is 7.58. The van der Waals surface area contributed by atoms with Crippen LogP contribution in [0.15, 0.2) is 23.1 Å². The molecule has 1 aromatic heterocycles. The smallest absolute Gasteiger partial charge is 0.301 e. The van der Waals surface area contributed by atoms with Gasteiger partial charge in [-0.15, -0.1) is 0 Å². The molecule has 2 heterocycles. The number of aromatic nitrogens is 2. The van der Waals surface area contributed by atoms with Gasteiger partial charge in [-0.3, -0.25) is 9.89 Å². The number of alkyl halides is 3. The van der Waals surface area contributed by atoms with Crippen molar-refractivity contribution in [3.05, 3.63) is 41.1 Å². The van der Waals surface area contributed by atoms with Gasteiger partial charge in [0.25, 0.3) is 0 Å². The molecular weight excluding hydrogens is 399 g/mol. The Morgan fingerprint density at radius 1 is 1.19 bits per heavy atom. The maximum absolute atomic E-state index is 13.3. The molecule has 2 aromatic rings. The van der Waals surface area contributed by atoms with E-state index in [0.717, 1.165) is 4.31 Å². The summed E-state index contributed by atoms with van der Waals surface area (Å²) in [6, 6.07) is 1.78. The number of carbonyl (C=O) groups excluding carboxylic acids is 1. The topological polar surface area (TPSA) is 95.2 Å². The van der Waals surface area contributed by atoms with Crippen LogP contribution in [0.5, 0.6) is 0 Å². The Kier molecular flexibility index (Phi) is 4.67. The molecule has 3 rings (SSSR count). The van der Waals surface area contributed by atoms with Crippen molar-refractivity contribution in [3.8, 4) is 0 Å². The summed E-state index contributed by atoms with van der Waals surface area (Å²) in [6.07, 6.45) is -5.09. The number of H-pyrrole nitrogens is 1. The van der Waals surface area contributed by atoms with E-state index in [1.165, 1.54) is 0 Å². The normalized spacial score (nSPS) is 15.4. The number of nitrogens with one attached hydrogen (secondary N) is 2. The highest BCUT2D eigenvalue weighted by atomic mass is 32.2. The van der Waals surface area contributed by atoms with Crippen LogP contribution in [0.2, 0.25) is 0 Å². The summed E-state index contributed by atoms with van der Waals surface area (Å²) >= 11 is 0. The average Bonchev–Trinajstić information content (AvgIpc) is 2.95. The molecule has 1 aliphatic rings. The summed E-state index contributed by atoms with van der Waals surface area (Å²) in [7, 11) is -4.32. The molecule has 0 aliphatic carbocycles. The fourth-order valence-electron chi connectivity index (χ4n) is 2.58. The molecular formula is C14H11F5N4O3S. The van der Waals surface area contributed by atoms with Crippen LogP contribution in [-0.2, 0) is 27.8 Å². The lowest BCUT2D eigenvalue weighted by atomic mass is 10.1. The number of amides is 1. The first-order valence-electron chi connectivity index (χ1n) is 7.39. The van der Waals surface area contributed by atoms with Crippen LogP contribution in [0.25, 0.3) is 0 Å². The maximum Gasteiger partial charge on any atom is 0.471 e. The minimum Gasteiger partial charge on any atom is -0.301 e. The number of fused-ring (bicyclic) bond motifs is 1. The lowest BCUT2D eigenvalue weighted by molar-refractivity contribution is -0.167. The standard InChI is InChI=1S/C14H11F5N4O3S/c15-7-3-8(16)5-9(4-7)27(25,26)23-2-1-11-10(6-23)12(22-21-11)20-13(24)14(17,18)19/h3-5H,1-2,6H2,(H2,20,21,22,24). The summed E-state index contributed by atoms with van der Waals surface area (Å²) in [6.45, 7) is -0.526. The lowest BCUT2D eigenvalue weighted by Gasteiger charge is -2.26. The zero-order chi connectivity index (χ0) is 20.0. The highest BCUT2D eigenvalue weighted by molar-refractivity contribution is 7.89. The van der Waals surface area contributed by atoms with Crippen LogP contribution in [0.1, 0.15) is 11.3 Å². The molecule has 0 bridgehead atoms. The monoisotopic (exact) mass is 410 g/mol. The number of benzene rings is 1. The predicted molar refractivity (Wildman–Crippen MR) is 80.9 cm³/mol. The van der Waals surface area contributed by atoms with Crippen LogP contribution in [0.4, 0.5) is 27.8 Å². The van der Waals surface area contributed by atoms with E-state index < -0.39 is 51.0 Å². The van der Waals surface area contributed by atoms with Gasteiger partial charge in [-0.1, -0.05) is 0 Å². The minimum atomic E-state index is -5.15. The van der Waals surface area contributed by atoms with Crippen molar-refractivity contribution in [3.63, 3.8) is 0 Å². The maximum atomic E-state index is 13.3. The van der Waals surface area contributed by atoms with Gasteiger partial charge < -0.3 is 5.32 Å². The second kappa shape index (κ2) is 6.56. The van der Waals surface area contributed by atoms with Crippen LogP contribution in [0.3, 0.4) is 0 Å². The summed E-state index contributed by atoms with van der Waals surface area (Å²) < 4.78 is 90.0. The van der Waals surface area contributed by atoms with E-state index in [4.69, 9.17) is 0 Å². The fraction of sp³-hybridized carbons (Fsp3) is 0.286. The summed E-state index contributed by atoms with van der Waals surface area (Å²) in [5.74, 6) is -4.90. The van der Waals surface area contributed by atoms with Gasteiger partial charge in [0.05, 0.1) is 4.90 Å². The number of hydrogen-bond acceptors (Lipinski definition) is 4. The third-order valence-corrected chi connectivity index (χ3v) is 5.68. The summed E-state index contributed by atoms with van der Waals surface area (Å²) in [5.41, 5.74) is 0.392. The Balaban J connectivity index is 1.89. The lowest BCUT2D eigenvalue weighted by Crippen LogP contribution is -2.36. The highest BCUT2D eigenvalue weighted by Gasteiger charge is 2.40. The quantitative estimate of drug-likeness (QED) is 0.756. The van der Waals surface area contributed by atoms with Crippen LogP contribution >= 0.6 is 0 Å². The zero-order valence-corrected chi connectivity index (χ0v) is 14.1. The number of aromatic amines is 1. The van der Waals surface area contributed by atoms with Crippen molar-refractivity contribution < 1.29 is 35.2 Å². The van der Waals surface area contributed by atoms with Crippen LogP contribution < -0.4 is 5.32 Å². The minimum absolute atomic E-state index is 0.0410. The molecule has 0 radical (unpaired) electrons. The van der Waals surface area contributed by atoms with E-state index in [9.17, 15) is 35.2 Å². The van der Waals surface area contributed by atoms with E-state index in [1.54, 1.807) is 5.32 Å². The Morgan fingerprint density at radius 2 is 1.81 bits per heavy atom. The number of nitrogens with zero attached hydrogens (tertiary/aromatic N) is 2. The van der Waals surface area contributed by atoms with Gasteiger partial charge in [0.1, 0.15) is 11.6 Å². The zero-order valence-electron chi connectivity index (χ0n) is 13.3. The molecule has 7 nitrogen and oxygen atoms in total. The third-order valence-electron chi connectivity index (χ3n) is 3.86. The number of rotatable bonds is 3. The van der Waals surface area contributed by atoms with Gasteiger partial charge in [0.2, 0.25) is 10.0 Å². The molecule has 0 fully saturated rings. The van der Waals surface area contributed by atoms with Crippen molar-refractivity contribution in [1.29, 1.82) is 0 Å². The molecule has 0 atom stereocenters. The van der Waals surface area contributed by atoms with Crippen molar-refractivity contribution in [2.24, 2.45) is 0 Å². The van der Waals surface area contributed by atoms with Gasteiger partial charge in [0, 0.05) is 36.8 Å². The average molecular weight is 410 g/mol. The molecule has 13 heteroatoms. The summed E-state index contributed by atoms with van der Waals surface area (Å²) in [4.78, 5) is 10.5. The number of sulfonamides is 1. The SMILES string of the molecule is O=C(Nc1n[nH]c2c1CN(S(=O)(=O)c1cc(F)cc(F)c1)CC2)C(F)(F)F. The third kappa shape index (κ3) is 3.78. The number of carbonyl (C=O) groups is 1. The van der Waals surface area contributed by atoms with Crippen molar-refractivity contribution in [1.82, 2.24) is 14.5 Å². The molecule has 0 spiro atoms. The molecule has 2 N–H and O–H groups in total.